The number of carboxylic acids is 1. The van der Waals surface area contributed by atoms with Crippen molar-refractivity contribution in [2.45, 2.75) is 12.5 Å². The second kappa shape index (κ2) is 7.10. The minimum atomic E-state index is -0.997. The van der Waals surface area contributed by atoms with Gasteiger partial charge >= 0.3 is 5.97 Å². The Balaban J connectivity index is 1.84. The van der Waals surface area contributed by atoms with Crippen molar-refractivity contribution in [3.05, 3.63) is 65.5 Å². The fourth-order valence-corrected chi connectivity index (χ4v) is 3.04. The summed E-state index contributed by atoms with van der Waals surface area (Å²) in [4.78, 5) is 28.4. The summed E-state index contributed by atoms with van der Waals surface area (Å²) in [6, 6.07) is 12.0. The molecular formula is C17H14N2O4S. The fraction of sp³-hybridized carbons (Fsp3) is 0.118. The number of carboxylic acid groups (broad SMARTS) is 1. The summed E-state index contributed by atoms with van der Waals surface area (Å²) in [6.45, 7) is 0. The number of aromatic nitrogens is 1. The van der Waals surface area contributed by atoms with Gasteiger partial charge in [-0.05, 0) is 17.0 Å². The topological polar surface area (TPSA) is 92.4 Å². The number of carbonyl (C=O) groups excluding carboxylic acids is 1. The molecule has 0 aliphatic carbocycles. The highest BCUT2D eigenvalue weighted by molar-refractivity contribution is 7.13. The Bertz CT molecular complexity index is 827. The van der Waals surface area contributed by atoms with Crippen LogP contribution in [0, 0.1) is 0 Å². The molecule has 122 valence electrons. The molecule has 2 N–H and O–H groups in total. The van der Waals surface area contributed by atoms with E-state index in [1.807, 2.05) is 23.6 Å². The lowest BCUT2D eigenvalue weighted by atomic mass is 10.0. The Morgan fingerprint density at radius 2 is 2.00 bits per heavy atom. The van der Waals surface area contributed by atoms with Gasteiger partial charge in [-0.3, -0.25) is 9.59 Å². The molecule has 2 aromatic heterocycles. The number of aliphatic carboxylic acids is 1. The van der Waals surface area contributed by atoms with Gasteiger partial charge in [-0.25, -0.2) is 4.98 Å². The van der Waals surface area contributed by atoms with E-state index < -0.39 is 17.9 Å². The lowest BCUT2D eigenvalue weighted by Gasteiger charge is -2.16. The van der Waals surface area contributed by atoms with Gasteiger partial charge in [0.1, 0.15) is 0 Å². The van der Waals surface area contributed by atoms with Gasteiger partial charge in [0, 0.05) is 0 Å². The molecule has 0 saturated carbocycles. The molecule has 1 atom stereocenters. The van der Waals surface area contributed by atoms with Crippen molar-refractivity contribution in [3.63, 3.8) is 0 Å². The second-order valence-electron chi connectivity index (χ2n) is 5.04. The number of carbonyl (C=O) groups is 2. The maximum atomic E-state index is 12.6. The van der Waals surface area contributed by atoms with E-state index in [1.165, 1.54) is 17.7 Å². The minimum absolute atomic E-state index is 0.142. The molecule has 24 heavy (non-hydrogen) atoms. The normalized spacial score (nSPS) is 11.8. The Morgan fingerprint density at radius 1 is 1.21 bits per heavy atom. The number of oxazole rings is 1. The van der Waals surface area contributed by atoms with E-state index in [9.17, 15) is 9.59 Å². The van der Waals surface area contributed by atoms with E-state index in [4.69, 9.17) is 9.52 Å². The summed E-state index contributed by atoms with van der Waals surface area (Å²) in [7, 11) is 0. The van der Waals surface area contributed by atoms with E-state index in [-0.39, 0.29) is 12.1 Å². The molecule has 0 radical (unpaired) electrons. The largest absolute Gasteiger partial charge is 0.481 e. The summed E-state index contributed by atoms with van der Waals surface area (Å²) >= 11 is 1.43. The van der Waals surface area contributed by atoms with Crippen LogP contribution in [0.4, 0.5) is 0 Å². The van der Waals surface area contributed by atoms with Crippen molar-refractivity contribution >= 4 is 23.2 Å². The number of rotatable bonds is 6. The van der Waals surface area contributed by atoms with Gasteiger partial charge < -0.3 is 14.8 Å². The molecule has 0 bridgehead atoms. The molecule has 6 nitrogen and oxygen atoms in total. The Kier molecular flexibility index (Phi) is 4.72. The summed E-state index contributed by atoms with van der Waals surface area (Å²) in [5, 5.41) is 13.7. The SMILES string of the molecule is O=C(O)C[C@@H](NC(=O)c1ncoc1-c1cccs1)c1ccccc1. The maximum Gasteiger partial charge on any atom is 0.305 e. The van der Waals surface area contributed by atoms with Crippen LogP contribution in [-0.4, -0.2) is 22.0 Å². The van der Waals surface area contributed by atoms with Gasteiger partial charge in [0.05, 0.1) is 17.3 Å². The number of hydrogen-bond acceptors (Lipinski definition) is 5. The summed E-state index contributed by atoms with van der Waals surface area (Å²) < 4.78 is 5.32. The van der Waals surface area contributed by atoms with Crippen molar-refractivity contribution in [1.29, 1.82) is 0 Å². The molecule has 0 aliphatic rings. The molecule has 1 aromatic carbocycles. The number of nitrogens with one attached hydrogen (secondary N) is 1. The number of amides is 1. The molecular weight excluding hydrogens is 328 g/mol. The predicted octanol–water partition coefficient (Wildman–Crippen LogP) is 3.35. The van der Waals surface area contributed by atoms with E-state index in [0.29, 0.717) is 5.76 Å². The molecule has 0 spiro atoms. The van der Waals surface area contributed by atoms with Gasteiger partial charge in [0.2, 0.25) is 0 Å². The van der Waals surface area contributed by atoms with Crippen LogP contribution in [-0.2, 0) is 4.79 Å². The first-order chi connectivity index (χ1) is 11.6. The monoisotopic (exact) mass is 342 g/mol. The van der Waals surface area contributed by atoms with E-state index in [1.54, 1.807) is 24.3 Å². The van der Waals surface area contributed by atoms with Crippen LogP contribution in [0.15, 0.2) is 58.7 Å². The number of hydrogen-bond donors (Lipinski definition) is 2. The highest BCUT2D eigenvalue weighted by Gasteiger charge is 2.23. The predicted molar refractivity (Wildman–Crippen MR) is 88.7 cm³/mol. The first-order valence-corrected chi connectivity index (χ1v) is 8.08. The minimum Gasteiger partial charge on any atom is -0.481 e. The van der Waals surface area contributed by atoms with Crippen LogP contribution >= 0.6 is 11.3 Å². The standard InChI is InChI=1S/C17H14N2O4S/c20-14(21)9-12(11-5-2-1-3-6-11)19-17(22)15-16(23-10-18-15)13-7-4-8-24-13/h1-8,10,12H,9H2,(H,19,22)(H,20,21)/t12-/m1/s1. The molecule has 0 saturated heterocycles. The third-order valence-electron chi connectivity index (χ3n) is 3.41. The third-order valence-corrected chi connectivity index (χ3v) is 4.28. The maximum absolute atomic E-state index is 12.6. The van der Waals surface area contributed by atoms with Crippen LogP contribution in [0.25, 0.3) is 10.6 Å². The average Bonchev–Trinajstić information content (AvgIpc) is 3.25. The Morgan fingerprint density at radius 3 is 2.67 bits per heavy atom. The molecule has 0 aliphatic heterocycles. The molecule has 3 aromatic rings. The van der Waals surface area contributed by atoms with Gasteiger partial charge in [-0.1, -0.05) is 36.4 Å². The van der Waals surface area contributed by atoms with E-state index in [2.05, 4.69) is 10.3 Å². The van der Waals surface area contributed by atoms with Gasteiger partial charge in [-0.2, -0.15) is 0 Å². The number of thiophene rings is 1. The van der Waals surface area contributed by atoms with Crippen molar-refractivity contribution in [2.24, 2.45) is 0 Å². The highest BCUT2D eigenvalue weighted by Crippen LogP contribution is 2.28. The Hall–Kier alpha value is -2.93. The molecule has 0 fully saturated rings. The Labute approximate surface area is 141 Å². The van der Waals surface area contributed by atoms with Gasteiger partial charge in [0.15, 0.2) is 17.8 Å². The third kappa shape index (κ3) is 3.52. The highest BCUT2D eigenvalue weighted by atomic mass is 32.1. The fourth-order valence-electron chi connectivity index (χ4n) is 2.33. The zero-order chi connectivity index (χ0) is 16.9. The van der Waals surface area contributed by atoms with Crippen LogP contribution in [0.2, 0.25) is 0 Å². The van der Waals surface area contributed by atoms with E-state index in [0.717, 1.165) is 10.4 Å². The second-order valence-corrected chi connectivity index (χ2v) is 5.99. The molecule has 7 heteroatoms. The molecule has 3 rings (SSSR count). The van der Waals surface area contributed by atoms with Crippen molar-refractivity contribution in [3.8, 4) is 10.6 Å². The number of benzene rings is 1. The quantitative estimate of drug-likeness (QED) is 0.717. The first kappa shape index (κ1) is 15.9. The van der Waals surface area contributed by atoms with Crippen LogP contribution in [0.3, 0.4) is 0 Å². The number of nitrogens with zero attached hydrogens (tertiary/aromatic N) is 1. The van der Waals surface area contributed by atoms with Gasteiger partial charge in [0.25, 0.3) is 5.91 Å². The van der Waals surface area contributed by atoms with E-state index >= 15 is 0 Å². The summed E-state index contributed by atoms with van der Waals surface area (Å²) in [5.74, 6) is -1.09. The lowest BCUT2D eigenvalue weighted by Crippen LogP contribution is -2.30. The first-order valence-electron chi connectivity index (χ1n) is 7.20. The molecule has 1 amide bonds. The van der Waals surface area contributed by atoms with Crippen molar-refractivity contribution in [2.75, 3.05) is 0 Å². The molecule has 0 unspecified atom stereocenters. The van der Waals surface area contributed by atoms with Crippen LogP contribution < -0.4 is 5.32 Å². The average molecular weight is 342 g/mol. The zero-order valence-electron chi connectivity index (χ0n) is 12.5. The van der Waals surface area contributed by atoms with Crippen molar-refractivity contribution < 1.29 is 19.1 Å². The lowest BCUT2D eigenvalue weighted by molar-refractivity contribution is -0.137. The van der Waals surface area contributed by atoms with Crippen LogP contribution in [0.5, 0.6) is 0 Å². The van der Waals surface area contributed by atoms with Crippen molar-refractivity contribution in [1.82, 2.24) is 10.3 Å². The molecule has 2 heterocycles. The zero-order valence-corrected chi connectivity index (χ0v) is 13.3. The summed E-state index contributed by atoms with van der Waals surface area (Å²) in [6.07, 6.45) is 0.987. The summed E-state index contributed by atoms with van der Waals surface area (Å²) in [5.41, 5.74) is 0.859. The smallest absolute Gasteiger partial charge is 0.305 e. The van der Waals surface area contributed by atoms with Gasteiger partial charge in [-0.15, -0.1) is 11.3 Å². The van der Waals surface area contributed by atoms with Crippen LogP contribution in [0.1, 0.15) is 28.5 Å².